The molecule has 8 aromatic rings. The molecule has 44 heavy (non-hydrogen) atoms. The summed E-state index contributed by atoms with van der Waals surface area (Å²) in [5, 5.41) is 2.54. The summed E-state index contributed by atoms with van der Waals surface area (Å²) in [7, 11) is 0. The van der Waals surface area contributed by atoms with Gasteiger partial charge in [0.25, 0.3) is 0 Å². The largest absolute Gasteiger partial charge is 0.292 e. The number of hydrogen-bond acceptors (Lipinski definition) is 3. The molecule has 1 aliphatic rings. The SMILES string of the molecule is C1=Cc2c(sc3c2c(-c2ccc(-c4ccc(-n5c(-c6ccccc6)nc6ccccc65)cc4)cc2)nc2ccccc23)CC1. The van der Waals surface area contributed by atoms with E-state index < -0.39 is 0 Å². The lowest BCUT2D eigenvalue weighted by Gasteiger charge is -2.12. The minimum atomic E-state index is 0.948. The van der Waals surface area contributed by atoms with Crippen LogP contribution in [0.4, 0.5) is 0 Å². The van der Waals surface area contributed by atoms with Gasteiger partial charge in [-0.15, -0.1) is 11.3 Å². The summed E-state index contributed by atoms with van der Waals surface area (Å²) < 4.78 is 3.60. The number of thiophene rings is 1. The first-order valence-electron chi connectivity index (χ1n) is 15.1. The Balaban J connectivity index is 1.11. The zero-order valence-electron chi connectivity index (χ0n) is 23.9. The molecule has 0 saturated carbocycles. The molecular formula is C40H27N3S. The minimum Gasteiger partial charge on any atom is -0.292 e. The van der Waals surface area contributed by atoms with Crippen LogP contribution in [-0.4, -0.2) is 14.5 Å². The number of aryl methyl sites for hydroxylation is 1. The Morgan fingerprint density at radius 2 is 1.27 bits per heavy atom. The highest BCUT2D eigenvalue weighted by Gasteiger charge is 2.20. The molecule has 1 aliphatic carbocycles. The van der Waals surface area contributed by atoms with Crippen LogP contribution in [0.3, 0.4) is 0 Å². The zero-order valence-corrected chi connectivity index (χ0v) is 24.8. The maximum Gasteiger partial charge on any atom is 0.145 e. The number of aromatic nitrogens is 3. The van der Waals surface area contributed by atoms with Gasteiger partial charge in [-0.3, -0.25) is 4.57 Å². The Hall–Kier alpha value is -5.32. The molecule has 3 aromatic heterocycles. The van der Waals surface area contributed by atoms with E-state index in [2.05, 4.69) is 132 Å². The molecule has 0 aliphatic heterocycles. The number of rotatable bonds is 4. The molecule has 5 aromatic carbocycles. The quantitative estimate of drug-likeness (QED) is 0.207. The van der Waals surface area contributed by atoms with Crippen molar-refractivity contribution in [3.05, 3.63) is 144 Å². The predicted octanol–water partition coefficient (Wildman–Crippen LogP) is 10.7. The van der Waals surface area contributed by atoms with E-state index in [1.807, 2.05) is 23.5 Å². The Bertz CT molecular complexity index is 2360. The fourth-order valence-electron chi connectivity index (χ4n) is 6.53. The maximum atomic E-state index is 5.22. The van der Waals surface area contributed by atoms with Crippen LogP contribution >= 0.6 is 11.3 Å². The van der Waals surface area contributed by atoms with Gasteiger partial charge in [-0.1, -0.05) is 109 Å². The Morgan fingerprint density at radius 1 is 0.591 bits per heavy atom. The molecule has 0 bridgehead atoms. The number of pyridine rings is 1. The molecule has 0 radical (unpaired) electrons. The van der Waals surface area contributed by atoms with Gasteiger partial charge >= 0.3 is 0 Å². The van der Waals surface area contributed by atoms with E-state index in [0.29, 0.717) is 0 Å². The van der Waals surface area contributed by atoms with E-state index in [9.17, 15) is 0 Å². The number of allylic oxidation sites excluding steroid dienone is 1. The van der Waals surface area contributed by atoms with E-state index in [-0.39, 0.29) is 0 Å². The van der Waals surface area contributed by atoms with Crippen LogP contribution in [0.1, 0.15) is 16.9 Å². The van der Waals surface area contributed by atoms with Crippen molar-refractivity contribution < 1.29 is 0 Å². The summed E-state index contributed by atoms with van der Waals surface area (Å²) >= 11 is 1.94. The molecule has 0 amide bonds. The molecule has 208 valence electrons. The lowest BCUT2D eigenvalue weighted by atomic mass is 9.96. The third-order valence-corrected chi connectivity index (χ3v) is 9.97. The molecule has 0 fully saturated rings. The first-order valence-corrected chi connectivity index (χ1v) is 15.9. The van der Waals surface area contributed by atoms with Crippen LogP contribution in [0.25, 0.3) is 77.6 Å². The molecule has 3 nitrogen and oxygen atoms in total. The fraction of sp³-hybridized carbons (Fsp3) is 0.0500. The average Bonchev–Trinajstić information content (AvgIpc) is 3.68. The Morgan fingerprint density at radius 3 is 2.09 bits per heavy atom. The molecule has 9 rings (SSSR count). The molecule has 0 N–H and O–H groups in total. The van der Waals surface area contributed by atoms with Crippen molar-refractivity contribution in [2.75, 3.05) is 0 Å². The number of benzene rings is 5. The third kappa shape index (κ3) is 4.03. The molecule has 0 unspecified atom stereocenters. The van der Waals surface area contributed by atoms with Gasteiger partial charge in [-0.2, -0.15) is 0 Å². The van der Waals surface area contributed by atoms with Gasteiger partial charge < -0.3 is 0 Å². The van der Waals surface area contributed by atoms with E-state index in [1.54, 1.807) is 0 Å². The van der Waals surface area contributed by atoms with Crippen LogP contribution in [0.2, 0.25) is 0 Å². The second-order valence-corrected chi connectivity index (χ2v) is 12.4. The van der Waals surface area contributed by atoms with Crippen LogP contribution in [-0.2, 0) is 6.42 Å². The molecule has 0 saturated heterocycles. The lowest BCUT2D eigenvalue weighted by Crippen LogP contribution is -1.97. The van der Waals surface area contributed by atoms with Crippen molar-refractivity contribution in [2.24, 2.45) is 0 Å². The van der Waals surface area contributed by atoms with Gasteiger partial charge in [0.2, 0.25) is 0 Å². The van der Waals surface area contributed by atoms with Crippen molar-refractivity contribution >= 4 is 49.4 Å². The summed E-state index contributed by atoms with van der Waals surface area (Å²) in [5.74, 6) is 0.948. The number of hydrogen-bond donors (Lipinski definition) is 0. The molecule has 0 spiro atoms. The maximum absolute atomic E-state index is 5.22. The summed E-state index contributed by atoms with van der Waals surface area (Å²) in [4.78, 5) is 11.7. The second kappa shape index (κ2) is 10.1. The average molecular weight is 582 g/mol. The van der Waals surface area contributed by atoms with E-state index in [0.717, 1.165) is 57.7 Å². The third-order valence-electron chi connectivity index (χ3n) is 8.67. The number of imidazole rings is 1. The summed E-state index contributed by atoms with van der Waals surface area (Å²) in [5.41, 5.74) is 11.3. The standard InChI is InChI=1S/C40H27N3S/c1-2-10-29(11-3-1)40-42-34-15-7-8-16-35(34)43(40)30-24-22-27(23-25-30)26-18-20-28(21-19-26)38-37-32-13-5-9-17-36(32)44-39(37)31-12-4-6-14-33(31)41-38/h1-8,10-16,18-25H,9,17H2. The molecule has 0 atom stereocenters. The fourth-order valence-corrected chi connectivity index (χ4v) is 7.87. The summed E-state index contributed by atoms with van der Waals surface area (Å²) in [6, 6.07) is 45.0. The van der Waals surface area contributed by atoms with E-state index in [1.165, 1.54) is 37.0 Å². The predicted molar refractivity (Wildman–Crippen MR) is 185 cm³/mol. The van der Waals surface area contributed by atoms with Crippen molar-refractivity contribution in [1.82, 2.24) is 14.5 Å². The van der Waals surface area contributed by atoms with Gasteiger partial charge in [-0.25, -0.2) is 9.97 Å². The first kappa shape index (κ1) is 25.2. The van der Waals surface area contributed by atoms with Gasteiger partial charge in [-0.05, 0) is 59.9 Å². The van der Waals surface area contributed by atoms with Gasteiger partial charge in [0.05, 0.1) is 22.2 Å². The van der Waals surface area contributed by atoms with Gasteiger partial charge in [0.1, 0.15) is 5.82 Å². The first-order chi connectivity index (χ1) is 21.8. The van der Waals surface area contributed by atoms with Crippen LogP contribution in [0.15, 0.2) is 133 Å². The van der Waals surface area contributed by atoms with E-state index in [4.69, 9.17) is 9.97 Å². The Kier molecular flexibility index (Phi) is 5.81. The molecule has 4 heteroatoms. The summed E-state index contributed by atoms with van der Waals surface area (Å²) in [6.07, 6.45) is 6.82. The van der Waals surface area contributed by atoms with Crippen molar-refractivity contribution in [1.29, 1.82) is 0 Å². The molecular weight excluding hydrogens is 555 g/mol. The molecule has 3 heterocycles. The van der Waals surface area contributed by atoms with Crippen molar-refractivity contribution in [2.45, 2.75) is 12.8 Å². The van der Waals surface area contributed by atoms with Crippen LogP contribution in [0.5, 0.6) is 0 Å². The normalized spacial score (nSPS) is 12.7. The minimum absolute atomic E-state index is 0.948. The van der Waals surface area contributed by atoms with Crippen LogP contribution < -0.4 is 0 Å². The topological polar surface area (TPSA) is 30.7 Å². The highest BCUT2D eigenvalue weighted by Crippen LogP contribution is 2.43. The smallest absolute Gasteiger partial charge is 0.145 e. The zero-order chi connectivity index (χ0) is 29.0. The van der Waals surface area contributed by atoms with E-state index >= 15 is 0 Å². The number of para-hydroxylation sites is 3. The van der Waals surface area contributed by atoms with Gasteiger partial charge in [0.15, 0.2) is 0 Å². The van der Waals surface area contributed by atoms with Crippen molar-refractivity contribution in [3.8, 4) is 39.5 Å². The van der Waals surface area contributed by atoms with Crippen molar-refractivity contribution in [3.63, 3.8) is 0 Å². The second-order valence-electron chi connectivity index (χ2n) is 11.3. The Labute approximate surface area is 259 Å². The van der Waals surface area contributed by atoms with Gasteiger partial charge in [0, 0.05) is 37.2 Å². The number of fused-ring (bicyclic) bond motifs is 6. The van der Waals surface area contributed by atoms with Crippen LogP contribution in [0, 0.1) is 0 Å². The highest BCUT2D eigenvalue weighted by molar-refractivity contribution is 7.20. The number of nitrogens with zero attached hydrogens (tertiary/aromatic N) is 3. The summed E-state index contributed by atoms with van der Waals surface area (Å²) in [6.45, 7) is 0. The monoisotopic (exact) mass is 581 g/mol. The highest BCUT2D eigenvalue weighted by atomic mass is 32.1. The lowest BCUT2D eigenvalue weighted by molar-refractivity contribution is 1.02.